The molecule has 0 unspecified atom stereocenters. The Morgan fingerprint density at radius 3 is 2.67 bits per heavy atom. The topological polar surface area (TPSA) is 68.2 Å². The minimum absolute atomic E-state index is 0.0220. The van der Waals surface area contributed by atoms with E-state index in [4.69, 9.17) is 4.74 Å². The highest BCUT2D eigenvalue weighted by Gasteiger charge is 2.21. The molecule has 1 heterocycles. The Morgan fingerprint density at radius 1 is 1.17 bits per heavy atom. The van der Waals surface area contributed by atoms with Crippen LogP contribution in [0.4, 0.5) is 5.69 Å². The van der Waals surface area contributed by atoms with Crippen molar-refractivity contribution in [3.8, 4) is 5.75 Å². The lowest BCUT2D eigenvalue weighted by molar-refractivity contribution is -0.384. The number of nitro benzene ring substituents is 1. The maximum absolute atomic E-state index is 11.2. The quantitative estimate of drug-likeness (QED) is 0.554. The summed E-state index contributed by atoms with van der Waals surface area (Å²) in [4.78, 5) is 13.8. The first-order valence-electron chi connectivity index (χ1n) is 5.44. The number of aromatic nitrogens is 1. The highest BCUT2D eigenvalue weighted by Crippen LogP contribution is 2.37. The number of nitrogens with zero attached hydrogens (tertiary/aromatic N) is 1. The number of H-pyrrole nitrogens is 1. The third-order valence-electron chi connectivity index (χ3n) is 3.02. The molecule has 0 fully saturated rings. The molecule has 5 heteroatoms. The van der Waals surface area contributed by atoms with Gasteiger partial charge in [0.25, 0.3) is 0 Å². The molecule has 0 saturated heterocycles. The van der Waals surface area contributed by atoms with Crippen LogP contribution in [0.15, 0.2) is 36.4 Å². The summed E-state index contributed by atoms with van der Waals surface area (Å²) in [5, 5.41) is 13.0. The van der Waals surface area contributed by atoms with Gasteiger partial charge in [0.05, 0.1) is 12.0 Å². The van der Waals surface area contributed by atoms with Crippen LogP contribution in [-0.2, 0) is 0 Å². The van der Waals surface area contributed by atoms with Gasteiger partial charge in [-0.1, -0.05) is 18.2 Å². The Hall–Kier alpha value is -2.56. The Labute approximate surface area is 102 Å². The van der Waals surface area contributed by atoms with Crippen molar-refractivity contribution in [2.75, 3.05) is 7.11 Å². The lowest BCUT2D eigenvalue weighted by atomic mass is 10.1. The standard InChI is InChI=1S/C13H10N2O3/c1-18-11-7-6-9-8-4-2-3-5-10(8)14-12(9)13(11)15(16)17/h2-7,14H,1H3. The van der Waals surface area contributed by atoms with Gasteiger partial charge in [-0.25, -0.2) is 0 Å². The number of aromatic amines is 1. The smallest absolute Gasteiger partial charge is 0.334 e. The first-order chi connectivity index (χ1) is 8.72. The number of nitrogens with one attached hydrogen (secondary N) is 1. The maximum atomic E-state index is 11.2. The fraction of sp³-hybridized carbons (Fsp3) is 0.0769. The van der Waals surface area contributed by atoms with Gasteiger partial charge in [0.15, 0.2) is 5.75 Å². The SMILES string of the molecule is COc1ccc2c([nH]c3ccccc32)c1[N+](=O)[O-]. The largest absolute Gasteiger partial charge is 0.490 e. The van der Waals surface area contributed by atoms with Gasteiger partial charge in [0, 0.05) is 16.3 Å². The number of methoxy groups -OCH3 is 1. The summed E-state index contributed by atoms with van der Waals surface area (Å²) in [6.45, 7) is 0. The van der Waals surface area contributed by atoms with Crippen LogP contribution in [0.25, 0.3) is 21.8 Å². The number of fused-ring (bicyclic) bond motifs is 3. The summed E-state index contributed by atoms with van der Waals surface area (Å²) in [6.07, 6.45) is 0. The Balaban J connectivity index is 2.51. The molecule has 3 aromatic rings. The molecule has 0 amide bonds. The van der Waals surface area contributed by atoms with E-state index in [9.17, 15) is 10.1 Å². The summed E-state index contributed by atoms with van der Waals surface area (Å²) in [5.74, 6) is 0.263. The molecular formula is C13H10N2O3. The number of hydrogen-bond donors (Lipinski definition) is 1. The molecular weight excluding hydrogens is 232 g/mol. The molecule has 3 rings (SSSR count). The van der Waals surface area contributed by atoms with Crippen LogP contribution in [-0.4, -0.2) is 17.0 Å². The second-order valence-corrected chi connectivity index (χ2v) is 3.97. The average Bonchev–Trinajstić information content (AvgIpc) is 2.75. The predicted octanol–water partition coefficient (Wildman–Crippen LogP) is 3.24. The predicted molar refractivity (Wildman–Crippen MR) is 69.0 cm³/mol. The molecule has 0 atom stereocenters. The molecule has 1 aromatic heterocycles. The Kier molecular flexibility index (Phi) is 2.19. The first-order valence-corrected chi connectivity index (χ1v) is 5.44. The number of rotatable bonds is 2. The number of para-hydroxylation sites is 1. The van der Waals surface area contributed by atoms with Gasteiger partial charge in [0.1, 0.15) is 5.52 Å². The van der Waals surface area contributed by atoms with Crippen molar-refractivity contribution in [3.05, 3.63) is 46.5 Å². The zero-order chi connectivity index (χ0) is 12.7. The average molecular weight is 242 g/mol. The molecule has 2 aromatic carbocycles. The van der Waals surface area contributed by atoms with Crippen molar-refractivity contribution in [3.63, 3.8) is 0 Å². The summed E-state index contributed by atoms with van der Waals surface area (Å²) in [6, 6.07) is 11.1. The van der Waals surface area contributed by atoms with Gasteiger partial charge in [0.2, 0.25) is 0 Å². The molecule has 0 spiro atoms. The van der Waals surface area contributed by atoms with E-state index in [0.29, 0.717) is 5.52 Å². The van der Waals surface area contributed by atoms with Crippen LogP contribution in [0, 0.1) is 10.1 Å². The van der Waals surface area contributed by atoms with Crippen molar-refractivity contribution in [1.82, 2.24) is 4.98 Å². The van der Waals surface area contributed by atoms with Gasteiger partial charge in [-0.3, -0.25) is 10.1 Å². The minimum Gasteiger partial charge on any atom is -0.490 e. The van der Waals surface area contributed by atoms with E-state index in [1.165, 1.54) is 7.11 Å². The second-order valence-electron chi connectivity index (χ2n) is 3.97. The fourth-order valence-corrected chi connectivity index (χ4v) is 2.23. The first kappa shape index (κ1) is 10.6. The van der Waals surface area contributed by atoms with E-state index >= 15 is 0 Å². The molecule has 18 heavy (non-hydrogen) atoms. The van der Waals surface area contributed by atoms with Crippen LogP contribution in [0.1, 0.15) is 0 Å². The molecule has 0 saturated carbocycles. The van der Waals surface area contributed by atoms with E-state index in [1.54, 1.807) is 6.07 Å². The van der Waals surface area contributed by atoms with E-state index < -0.39 is 4.92 Å². The zero-order valence-electron chi connectivity index (χ0n) is 9.64. The van der Waals surface area contributed by atoms with E-state index in [0.717, 1.165) is 16.3 Å². The van der Waals surface area contributed by atoms with Crippen molar-refractivity contribution in [1.29, 1.82) is 0 Å². The molecule has 0 aliphatic carbocycles. The minimum atomic E-state index is -0.420. The van der Waals surface area contributed by atoms with Gasteiger partial charge in [-0.15, -0.1) is 0 Å². The summed E-state index contributed by atoms with van der Waals surface area (Å²) in [7, 11) is 1.43. The molecule has 90 valence electrons. The third kappa shape index (κ3) is 1.34. The Bertz CT molecular complexity index is 761. The third-order valence-corrected chi connectivity index (χ3v) is 3.02. The molecule has 0 bridgehead atoms. The lowest BCUT2D eigenvalue weighted by Crippen LogP contribution is -1.94. The molecule has 0 aliphatic rings. The van der Waals surface area contributed by atoms with E-state index in [-0.39, 0.29) is 11.4 Å². The molecule has 5 nitrogen and oxygen atoms in total. The maximum Gasteiger partial charge on any atom is 0.334 e. The van der Waals surface area contributed by atoms with Crippen LogP contribution in [0.5, 0.6) is 5.75 Å². The monoisotopic (exact) mass is 242 g/mol. The van der Waals surface area contributed by atoms with Gasteiger partial charge < -0.3 is 9.72 Å². The number of ether oxygens (including phenoxy) is 1. The van der Waals surface area contributed by atoms with E-state index in [2.05, 4.69) is 4.98 Å². The summed E-state index contributed by atoms with van der Waals surface area (Å²) < 4.78 is 5.05. The summed E-state index contributed by atoms with van der Waals surface area (Å²) in [5.41, 5.74) is 1.36. The summed E-state index contributed by atoms with van der Waals surface area (Å²) >= 11 is 0. The molecule has 1 N–H and O–H groups in total. The van der Waals surface area contributed by atoms with E-state index in [1.807, 2.05) is 30.3 Å². The van der Waals surface area contributed by atoms with Crippen molar-refractivity contribution < 1.29 is 9.66 Å². The number of benzene rings is 2. The number of hydrogen-bond acceptors (Lipinski definition) is 3. The van der Waals surface area contributed by atoms with Crippen molar-refractivity contribution in [2.45, 2.75) is 0 Å². The van der Waals surface area contributed by atoms with Gasteiger partial charge in [-0.05, 0) is 18.2 Å². The van der Waals surface area contributed by atoms with Gasteiger partial charge >= 0.3 is 5.69 Å². The lowest BCUT2D eigenvalue weighted by Gasteiger charge is -2.01. The highest BCUT2D eigenvalue weighted by molar-refractivity contribution is 6.10. The van der Waals surface area contributed by atoms with Crippen LogP contribution in [0.2, 0.25) is 0 Å². The highest BCUT2D eigenvalue weighted by atomic mass is 16.6. The van der Waals surface area contributed by atoms with Crippen molar-refractivity contribution >= 4 is 27.5 Å². The Morgan fingerprint density at radius 2 is 1.94 bits per heavy atom. The second kappa shape index (κ2) is 3.73. The van der Waals surface area contributed by atoms with Crippen LogP contribution >= 0.6 is 0 Å². The van der Waals surface area contributed by atoms with Crippen LogP contribution in [0.3, 0.4) is 0 Å². The zero-order valence-corrected chi connectivity index (χ0v) is 9.64. The molecule has 0 aliphatic heterocycles. The normalized spacial score (nSPS) is 10.9. The van der Waals surface area contributed by atoms with Gasteiger partial charge in [-0.2, -0.15) is 0 Å². The fourth-order valence-electron chi connectivity index (χ4n) is 2.23. The van der Waals surface area contributed by atoms with Crippen molar-refractivity contribution in [2.24, 2.45) is 0 Å². The van der Waals surface area contributed by atoms with Crippen LogP contribution < -0.4 is 4.74 Å². The molecule has 0 radical (unpaired) electrons. The number of nitro groups is 1.